The Kier molecular flexibility index (Phi) is 1.08. The van der Waals surface area contributed by atoms with E-state index in [0.29, 0.717) is 12.1 Å². The molecule has 3 nitrogen and oxygen atoms in total. The molecule has 1 saturated heterocycles. The molecular weight excluding hydrogens is 136 g/mol. The SMILES string of the molecule is NC1=N[C@H]2CSC[C@@H]2O1. The van der Waals surface area contributed by atoms with E-state index in [1.54, 1.807) is 0 Å². The summed E-state index contributed by atoms with van der Waals surface area (Å²) in [4.78, 5) is 4.10. The molecule has 0 bridgehead atoms. The highest BCUT2D eigenvalue weighted by atomic mass is 32.2. The first kappa shape index (κ1) is 5.41. The second-order valence-corrected chi connectivity index (χ2v) is 3.30. The maximum Gasteiger partial charge on any atom is 0.282 e. The average molecular weight is 144 g/mol. The molecule has 0 aromatic rings. The van der Waals surface area contributed by atoms with Gasteiger partial charge in [-0.25, -0.2) is 4.99 Å². The van der Waals surface area contributed by atoms with E-state index in [1.807, 2.05) is 11.8 Å². The molecule has 0 radical (unpaired) electrons. The summed E-state index contributed by atoms with van der Waals surface area (Å²) in [5.41, 5.74) is 5.34. The number of amidine groups is 1. The van der Waals surface area contributed by atoms with E-state index in [4.69, 9.17) is 10.5 Å². The zero-order valence-electron chi connectivity index (χ0n) is 4.91. The number of ether oxygens (including phenoxy) is 1. The van der Waals surface area contributed by atoms with Crippen molar-refractivity contribution >= 4 is 17.8 Å². The predicted octanol–water partition coefficient (Wildman–Crippen LogP) is -0.185. The molecule has 0 saturated carbocycles. The maximum atomic E-state index is 5.34. The average Bonchev–Trinajstić information content (AvgIpc) is 2.22. The monoisotopic (exact) mass is 144 g/mol. The summed E-state index contributed by atoms with van der Waals surface area (Å²) in [7, 11) is 0. The Morgan fingerprint density at radius 1 is 1.67 bits per heavy atom. The fourth-order valence-corrected chi connectivity index (χ4v) is 2.29. The largest absolute Gasteiger partial charge is 0.459 e. The number of aliphatic imine (C=N–C) groups is 1. The van der Waals surface area contributed by atoms with Crippen LogP contribution in [0, 0.1) is 0 Å². The van der Waals surface area contributed by atoms with Crippen molar-refractivity contribution in [1.29, 1.82) is 0 Å². The van der Waals surface area contributed by atoms with Crippen LogP contribution in [0.5, 0.6) is 0 Å². The van der Waals surface area contributed by atoms with Gasteiger partial charge in [0.2, 0.25) is 0 Å². The lowest BCUT2D eigenvalue weighted by Crippen LogP contribution is -2.21. The maximum absolute atomic E-state index is 5.34. The van der Waals surface area contributed by atoms with Crippen molar-refractivity contribution in [2.45, 2.75) is 12.1 Å². The van der Waals surface area contributed by atoms with E-state index in [9.17, 15) is 0 Å². The number of nitrogens with two attached hydrogens (primary N) is 1. The molecule has 50 valence electrons. The third-order valence-electron chi connectivity index (χ3n) is 1.57. The van der Waals surface area contributed by atoms with Crippen molar-refractivity contribution in [3.63, 3.8) is 0 Å². The van der Waals surface area contributed by atoms with Crippen LogP contribution in [0.2, 0.25) is 0 Å². The van der Waals surface area contributed by atoms with Crippen molar-refractivity contribution in [3.05, 3.63) is 0 Å². The van der Waals surface area contributed by atoms with Crippen LogP contribution in [0.4, 0.5) is 0 Å². The lowest BCUT2D eigenvalue weighted by Gasteiger charge is -2.03. The summed E-state index contributed by atoms with van der Waals surface area (Å²) < 4.78 is 5.19. The molecule has 0 aromatic heterocycles. The molecule has 0 unspecified atom stereocenters. The van der Waals surface area contributed by atoms with Crippen molar-refractivity contribution in [3.8, 4) is 0 Å². The molecule has 0 spiro atoms. The Hall–Kier alpha value is -0.380. The summed E-state index contributed by atoms with van der Waals surface area (Å²) >= 11 is 1.88. The van der Waals surface area contributed by atoms with Crippen LogP contribution in [0.15, 0.2) is 4.99 Å². The van der Waals surface area contributed by atoms with Crippen LogP contribution in [0.1, 0.15) is 0 Å². The summed E-state index contributed by atoms with van der Waals surface area (Å²) in [6.07, 6.45) is 0.287. The molecule has 2 heterocycles. The van der Waals surface area contributed by atoms with Crippen LogP contribution in [0.3, 0.4) is 0 Å². The number of thioether (sulfide) groups is 1. The normalized spacial score (nSPS) is 39.8. The lowest BCUT2D eigenvalue weighted by molar-refractivity contribution is 0.228. The van der Waals surface area contributed by atoms with E-state index in [0.717, 1.165) is 11.5 Å². The molecule has 2 atom stereocenters. The highest BCUT2D eigenvalue weighted by molar-refractivity contribution is 7.99. The third kappa shape index (κ3) is 0.775. The fraction of sp³-hybridized carbons (Fsp3) is 0.800. The van der Waals surface area contributed by atoms with Gasteiger partial charge in [-0.1, -0.05) is 0 Å². The van der Waals surface area contributed by atoms with Crippen molar-refractivity contribution < 1.29 is 4.74 Å². The van der Waals surface area contributed by atoms with Crippen molar-refractivity contribution in [2.24, 2.45) is 10.7 Å². The Bertz CT molecular complexity index is 159. The van der Waals surface area contributed by atoms with Crippen LogP contribution in [-0.2, 0) is 4.74 Å². The quantitative estimate of drug-likeness (QED) is 0.513. The number of hydrogen-bond acceptors (Lipinski definition) is 4. The summed E-state index contributed by atoms with van der Waals surface area (Å²) in [5.74, 6) is 2.13. The fourth-order valence-electron chi connectivity index (χ4n) is 1.11. The van der Waals surface area contributed by atoms with Gasteiger partial charge in [0.1, 0.15) is 12.1 Å². The molecule has 2 N–H and O–H groups in total. The minimum atomic E-state index is 0.287. The molecule has 2 aliphatic rings. The molecule has 0 aliphatic carbocycles. The Labute approximate surface area is 57.7 Å². The standard InChI is InChI=1S/C5H8N2OS/c6-5-7-3-1-9-2-4(3)8-5/h3-4H,1-2H2,(H2,6,7)/t3-,4-/m0/s1. The molecule has 2 rings (SSSR count). The minimum absolute atomic E-state index is 0.287. The van der Waals surface area contributed by atoms with E-state index in [-0.39, 0.29) is 6.10 Å². The zero-order valence-corrected chi connectivity index (χ0v) is 5.73. The number of hydrogen-bond donors (Lipinski definition) is 1. The molecule has 0 amide bonds. The van der Waals surface area contributed by atoms with E-state index >= 15 is 0 Å². The van der Waals surface area contributed by atoms with E-state index in [1.165, 1.54) is 0 Å². The minimum Gasteiger partial charge on any atom is -0.459 e. The van der Waals surface area contributed by atoms with Gasteiger partial charge in [-0.05, 0) is 0 Å². The molecular formula is C5H8N2OS. The second kappa shape index (κ2) is 1.80. The van der Waals surface area contributed by atoms with Crippen LogP contribution >= 0.6 is 11.8 Å². The molecule has 9 heavy (non-hydrogen) atoms. The third-order valence-corrected chi connectivity index (χ3v) is 2.71. The van der Waals surface area contributed by atoms with Gasteiger partial charge in [-0.15, -0.1) is 0 Å². The Balaban J connectivity index is 2.13. The van der Waals surface area contributed by atoms with Gasteiger partial charge in [0.25, 0.3) is 6.02 Å². The van der Waals surface area contributed by atoms with E-state index in [2.05, 4.69) is 4.99 Å². The second-order valence-electron chi connectivity index (χ2n) is 2.23. The zero-order chi connectivity index (χ0) is 6.27. The number of nitrogens with zero attached hydrogens (tertiary/aromatic N) is 1. The van der Waals surface area contributed by atoms with Crippen LogP contribution in [-0.4, -0.2) is 29.7 Å². The van der Waals surface area contributed by atoms with Gasteiger partial charge in [0, 0.05) is 11.5 Å². The van der Waals surface area contributed by atoms with Crippen molar-refractivity contribution in [2.75, 3.05) is 11.5 Å². The van der Waals surface area contributed by atoms with Crippen LogP contribution < -0.4 is 5.73 Å². The van der Waals surface area contributed by atoms with Gasteiger partial charge >= 0.3 is 0 Å². The first-order valence-corrected chi connectivity index (χ1v) is 4.09. The predicted molar refractivity (Wildman–Crippen MR) is 37.6 cm³/mol. The van der Waals surface area contributed by atoms with Gasteiger partial charge in [0.15, 0.2) is 0 Å². The van der Waals surface area contributed by atoms with Gasteiger partial charge < -0.3 is 10.5 Å². The topological polar surface area (TPSA) is 47.6 Å². The van der Waals surface area contributed by atoms with Gasteiger partial charge in [-0.3, -0.25) is 0 Å². The number of fused-ring (bicyclic) bond motifs is 1. The molecule has 4 heteroatoms. The highest BCUT2D eigenvalue weighted by Gasteiger charge is 2.34. The smallest absolute Gasteiger partial charge is 0.282 e. The van der Waals surface area contributed by atoms with Crippen LogP contribution in [0.25, 0.3) is 0 Å². The summed E-state index contributed by atoms with van der Waals surface area (Å²) in [6, 6.07) is 0.736. The Morgan fingerprint density at radius 3 is 3.33 bits per heavy atom. The summed E-state index contributed by atoms with van der Waals surface area (Å²) in [5, 5.41) is 0. The number of rotatable bonds is 0. The van der Waals surface area contributed by atoms with Gasteiger partial charge in [0.05, 0.1) is 0 Å². The van der Waals surface area contributed by atoms with E-state index < -0.39 is 0 Å². The van der Waals surface area contributed by atoms with Gasteiger partial charge in [-0.2, -0.15) is 11.8 Å². The molecule has 1 fully saturated rings. The summed E-state index contributed by atoms with van der Waals surface area (Å²) in [6.45, 7) is 0. The molecule has 0 aromatic carbocycles. The first-order chi connectivity index (χ1) is 4.36. The first-order valence-electron chi connectivity index (χ1n) is 2.94. The Morgan fingerprint density at radius 2 is 2.56 bits per heavy atom. The highest BCUT2D eigenvalue weighted by Crippen LogP contribution is 2.26. The lowest BCUT2D eigenvalue weighted by atomic mass is 10.2. The molecule has 2 aliphatic heterocycles. The van der Waals surface area contributed by atoms with Crippen molar-refractivity contribution in [1.82, 2.24) is 0 Å².